The predicted molar refractivity (Wildman–Crippen MR) is 180 cm³/mol. The van der Waals surface area contributed by atoms with Gasteiger partial charge in [0.1, 0.15) is 31.3 Å². The van der Waals surface area contributed by atoms with Crippen molar-refractivity contribution in [2.45, 2.75) is 51.7 Å². The average molecular weight is 650 g/mol. The smallest absolute Gasteiger partial charge is 0.350 e. The summed E-state index contributed by atoms with van der Waals surface area (Å²) in [5, 5.41) is 29.0. The Kier molecular flexibility index (Phi) is 9.84. The molecule has 48 heavy (non-hydrogen) atoms. The summed E-state index contributed by atoms with van der Waals surface area (Å²) in [6.07, 6.45) is 5.28. The highest BCUT2D eigenvalue weighted by molar-refractivity contribution is 5.50. The Bertz CT molecular complexity index is 1900. The zero-order chi connectivity index (χ0) is 33.5. The summed E-state index contributed by atoms with van der Waals surface area (Å²) in [7, 11) is 0. The number of nitrogens with zero attached hydrogens (tertiary/aromatic N) is 7. The van der Waals surface area contributed by atoms with Crippen molar-refractivity contribution in [3.8, 4) is 17.5 Å². The Morgan fingerprint density at radius 2 is 1.71 bits per heavy atom. The van der Waals surface area contributed by atoms with Gasteiger partial charge in [0.2, 0.25) is 5.79 Å². The molecular formula is C35H39N9O4. The first kappa shape index (κ1) is 32.5. The molecule has 3 heterocycles. The van der Waals surface area contributed by atoms with Crippen molar-refractivity contribution >= 4 is 11.4 Å². The average Bonchev–Trinajstić information content (AvgIpc) is 3.88. The molecule has 0 aliphatic carbocycles. The summed E-state index contributed by atoms with van der Waals surface area (Å²) in [6, 6.07) is 23.2. The van der Waals surface area contributed by atoms with E-state index in [4.69, 9.17) is 14.2 Å². The third-order valence-corrected chi connectivity index (χ3v) is 8.37. The highest BCUT2D eigenvalue weighted by atomic mass is 16.8. The summed E-state index contributed by atoms with van der Waals surface area (Å²) in [6.45, 7) is 8.23. The molecule has 5 aromatic rings. The number of rotatable bonds is 14. The minimum atomic E-state index is -1.15. The molecule has 6 rings (SSSR count). The summed E-state index contributed by atoms with van der Waals surface area (Å²) < 4.78 is 21.9. The Morgan fingerprint density at radius 3 is 2.38 bits per heavy atom. The first-order valence-electron chi connectivity index (χ1n) is 16.0. The maximum absolute atomic E-state index is 12.7. The third kappa shape index (κ3) is 7.25. The lowest BCUT2D eigenvalue weighted by Gasteiger charge is -2.29. The molecule has 1 aliphatic rings. The SMILES string of the molecule is CCC(C)n1ncn(-c2ccc(NCCNc3ccc(OC[C@@H]4CO[C@@](Cn5nccn5)(c5cc(C#N)ccc5C)O4)cc3)cc2)c1=O. The molecule has 13 nitrogen and oxygen atoms in total. The molecule has 1 unspecified atom stereocenters. The first-order valence-corrected chi connectivity index (χ1v) is 16.0. The number of aryl methyl sites for hydroxylation is 1. The largest absolute Gasteiger partial charge is 0.491 e. The van der Waals surface area contributed by atoms with Gasteiger partial charge in [-0.1, -0.05) is 13.0 Å². The molecule has 0 amide bonds. The normalized spacial score (nSPS) is 17.9. The van der Waals surface area contributed by atoms with Crippen molar-refractivity contribution in [3.63, 3.8) is 0 Å². The summed E-state index contributed by atoms with van der Waals surface area (Å²) >= 11 is 0. The molecule has 0 spiro atoms. The number of anilines is 2. The summed E-state index contributed by atoms with van der Waals surface area (Å²) in [5.74, 6) is -0.435. The van der Waals surface area contributed by atoms with Gasteiger partial charge in [0.25, 0.3) is 0 Å². The van der Waals surface area contributed by atoms with Gasteiger partial charge in [-0.3, -0.25) is 0 Å². The second-order valence-electron chi connectivity index (χ2n) is 11.7. The number of hydrogen-bond acceptors (Lipinski definition) is 10. The van der Waals surface area contributed by atoms with Crippen LogP contribution in [0.25, 0.3) is 5.69 Å². The molecule has 13 heteroatoms. The molecule has 1 fully saturated rings. The van der Waals surface area contributed by atoms with E-state index in [1.165, 1.54) is 9.48 Å². The van der Waals surface area contributed by atoms with Gasteiger partial charge in [0.05, 0.1) is 42.4 Å². The molecule has 2 aromatic heterocycles. The van der Waals surface area contributed by atoms with E-state index in [-0.39, 0.29) is 31.0 Å². The van der Waals surface area contributed by atoms with Crippen LogP contribution in [0, 0.1) is 18.3 Å². The highest BCUT2D eigenvalue weighted by Crippen LogP contribution is 2.38. The van der Waals surface area contributed by atoms with Crippen LogP contribution in [0.3, 0.4) is 0 Å². The number of hydrogen-bond donors (Lipinski definition) is 2. The maximum Gasteiger partial charge on any atom is 0.350 e. The zero-order valence-electron chi connectivity index (χ0n) is 27.2. The van der Waals surface area contributed by atoms with E-state index in [0.29, 0.717) is 31.0 Å². The second-order valence-corrected chi connectivity index (χ2v) is 11.7. The zero-order valence-corrected chi connectivity index (χ0v) is 27.2. The van der Waals surface area contributed by atoms with Gasteiger partial charge in [-0.15, -0.1) is 0 Å². The third-order valence-electron chi connectivity index (χ3n) is 8.37. The number of benzene rings is 3. The van der Waals surface area contributed by atoms with Crippen LogP contribution in [0.4, 0.5) is 11.4 Å². The lowest BCUT2D eigenvalue weighted by Crippen LogP contribution is -2.36. The van der Waals surface area contributed by atoms with E-state index in [2.05, 4.69) is 32.0 Å². The van der Waals surface area contributed by atoms with Crippen LogP contribution in [-0.2, 0) is 21.8 Å². The van der Waals surface area contributed by atoms with Crippen molar-refractivity contribution in [2.75, 3.05) is 36.9 Å². The molecule has 248 valence electrons. The molecule has 3 aromatic carbocycles. The maximum atomic E-state index is 12.7. The Labute approximate surface area is 278 Å². The minimum absolute atomic E-state index is 0.0568. The molecular weight excluding hydrogens is 610 g/mol. The van der Waals surface area contributed by atoms with Crippen LogP contribution < -0.4 is 21.1 Å². The Morgan fingerprint density at radius 1 is 1.02 bits per heavy atom. The molecule has 1 saturated heterocycles. The fourth-order valence-electron chi connectivity index (χ4n) is 5.55. The summed E-state index contributed by atoms with van der Waals surface area (Å²) in [5.41, 5.74) is 4.80. The standard InChI is InChI=1S/C35H39N9O4/c1-4-26(3)44-34(45)42(24-41-44)30-11-7-28(8-12-30)37-15-16-38-29-9-13-31(14-10-29)46-21-32-22-47-35(48-32,23-43-39-17-18-40-43)33-19-27(20-36)6-5-25(33)2/h5-14,17-19,24,26,32,37-38H,4,15-16,21-23H2,1-3H3/t26?,32-,35-/m1/s1. The van der Waals surface area contributed by atoms with E-state index in [0.717, 1.165) is 34.6 Å². The highest BCUT2D eigenvalue weighted by Gasteiger charge is 2.45. The van der Waals surface area contributed by atoms with Crippen LogP contribution in [0.5, 0.6) is 5.75 Å². The van der Waals surface area contributed by atoms with Gasteiger partial charge in [0.15, 0.2) is 0 Å². The van der Waals surface area contributed by atoms with Gasteiger partial charge in [-0.25, -0.2) is 14.0 Å². The number of nitriles is 1. The molecule has 0 radical (unpaired) electrons. The monoisotopic (exact) mass is 649 g/mol. The number of aromatic nitrogens is 6. The van der Waals surface area contributed by atoms with E-state index in [1.807, 2.05) is 75.4 Å². The van der Waals surface area contributed by atoms with Crippen molar-refractivity contribution in [1.29, 1.82) is 5.26 Å². The topological polar surface area (TPSA) is 146 Å². The van der Waals surface area contributed by atoms with Crippen molar-refractivity contribution in [2.24, 2.45) is 0 Å². The lowest BCUT2D eigenvalue weighted by molar-refractivity contribution is -0.192. The van der Waals surface area contributed by atoms with Gasteiger partial charge in [-0.05, 0) is 86.5 Å². The van der Waals surface area contributed by atoms with Crippen molar-refractivity contribution in [3.05, 3.63) is 113 Å². The molecule has 2 N–H and O–H groups in total. The minimum Gasteiger partial charge on any atom is -0.491 e. The van der Waals surface area contributed by atoms with Gasteiger partial charge in [-0.2, -0.15) is 25.4 Å². The second kappa shape index (κ2) is 14.5. The molecule has 0 bridgehead atoms. The van der Waals surface area contributed by atoms with Crippen molar-refractivity contribution < 1.29 is 14.2 Å². The fraction of sp³-hybridized carbons (Fsp3) is 0.343. The molecule has 3 atom stereocenters. The number of ether oxygens (including phenoxy) is 3. The van der Waals surface area contributed by atoms with Crippen LogP contribution in [0.1, 0.15) is 43.0 Å². The molecule has 0 saturated carbocycles. The van der Waals surface area contributed by atoms with Gasteiger partial charge >= 0.3 is 5.69 Å². The predicted octanol–water partition coefficient (Wildman–Crippen LogP) is 4.65. The van der Waals surface area contributed by atoms with Gasteiger partial charge in [0, 0.05) is 30.0 Å². The van der Waals surface area contributed by atoms with Crippen LogP contribution >= 0.6 is 0 Å². The van der Waals surface area contributed by atoms with E-state index >= 15 is 0 Å². The van der Waals surface area contributed by atoms with Gasteiger partial charge < -0.3 is 24.8 Å². The van der Waals surface area contributed by atoms with Crippen LogP contribution in [0.2, 0.25) is 0 Å². The fourth-order valence-corrected chi connectivity index (χ4v) is 5.55. The van der Waals surface area contributed by atoms with E-state index in [9.17, 15) is 10.1 Å². The lowest BCUT2D eigenvalue weighted by atomic mass is 9.97. The number of nitrogens with one attached hydrogen (secondary N) is 2. The van der Waals surface area contributed by atoms with Crippen LogP contribution in [-0.4, -0.2) is 61.7 Å². The van der Waals surface area contributed by atoms with Crippen LogP contribution in [0.15, 0.2) is 90.2 Å². The first-order chi connectivity index (χ1) is 23.4. The van der Waals surface area contributed by atoms with Crippen molar-refractivity contribution in [1.82, 2.24) is 29.3 Å². The Balaban J connectivity index is 0.978. The Hall–Kier alpha value is -5.45. The quantitative estimate of drug-likeness (QED) is 0.163. The molecule has 1 aliphatic heterocycles. The van der Waals surface area contributed by atoms with E-state index in [1.54, 1.807) is 35.4 Å². The van der Waals surface area contributed by atoms with E-state index < -0.39 is 5.79 Å². The summed E-state index contributed by atoms with van der Waals surface area (Å²) in [4.78, 5) is 14.2.